The fourth-order valence-corrected chi connectivity index (χ4v) is 7.98. The van der Waals surface area contributed by atoms with E-state index in [1.165, 1.54) is 26.7 Å². The molecule has 0 atom stereocenters. The molecule has 51 heavy (non-hydrogen) atoms. The molecule has 0 spiro atoms. The first-order valence-electron chi connectivity index (χ1n) is 17.3. The Morgan fingerprint density at radius 2 is 1.35 bits per heavy atom. The molecule has 0 radical (unpaired) electrons. The molecule has 0 saturated heterocycles. The summed E-state index contributed by atoms with van der Waals surface area (Å²) in [5.74, 6) is 3.39. The molecule has 0 bridgehead atoms. The van der Waals surface area contributed by atoms with E-state index in [9.17, 15) is 4.79 Å². The standard InChI is InChI=1S/C22H29N3O3S.C17H21N3OS/c1-22(2,3)28-21(26)24(4)9-10-25-11-13-29-20-15-16(7-8-18(20)25)14-17(23)19-6-5-12-27-19;1-19-6-7-20-8-10-22-17-12-13(4-5-15(17)20)11-14(18)16-3-2-9-21-16/h5-8,12,15,23H,9-11,13-14H2,1-4H3;2-5,9,12,18-19H,6-8,10-11H2,1H3. The second-order valence-electron chi connectivity index (χ2n) is 13.5. The number of nitrogens with zero attached hydrogens (tertiary/aromatic N) is 3. The molecule has 0 aliphatic carbocycles. The highest BCUT2D eigenvalue weighted by Crippen LogP contribution is 2.36. The van der Waals surface area contributed by atoms with E-state index in [4.69, 9.17) is 24.4 Å². The lowest BCUT2D eigenvalue weighted by molar-refractivity contribution is 0.0303. The van der Waals surface area contributed by atoms with E-state index in [0.29, 0.717) is 42.3 Å². The third-order valence-corrected chi connectivity index (χ3v) is 10.5. The average molecular weight is 731 g/mol. The maximum absolute atomic E-state index is 12.2. The Hall–Kier alpha value is -4.13. The molecule has 12 heteroatoms. The highest BCUT2D eigenvalue weighted by atomic mass is 32.2. The molecular weight excluding hydrogens is 681 g/mol. The van der Waals surface area contributed by atoms with E-state index in [1.807, 2.05) is 69.5 Å². The quantitative estimate of drug-likeness (QED) is 0.126. The van der Waals surface area contributed by atoms with Crippen LogP contribution in [0.25, 0.3) is 0 Å². The zero-order valence-corrected chi connectivity index (χ0v) is 31.9. The van der Waals surface area contributed by atoms with Crippen molar-refractivity contribution in [2.75, 3.05) is 74.7 Å². The van der Waals surface area contributed by atoms with Crippen molar-refractivity contribution in [3.63, 3.8) is 0 Å². The number of amides is 1. The van der Waals surface area contributed by atoms with Crippen LogP contribution in [0.3, 0.4) is 0 Å². The number of furan rings is 2. The van der Waals surface area contributed by atoms with Crippen molar-refractivity contribution in [2.24, 2.45) is 0 Å². The number of anilines is 2. The summed E-state index contributed by atoms with van der Waals surface area (Å²) in [6, 6.07) is 20.2. The minimum Gasteiger partial charge on any atom is -0.463 e. The highest BCUT2D eigenvalue weighted by Gasteiger charge is 2.23. The smallest absolute Gasteiger partial charge is 0.410 e. The van der Waals surface area contributed by atoms with Gasteiger partial charge in [-0.15, -0.1) is 23.5 Å². The Kier molecular flexibility index (Phi) is 13.4. The molecule has 2 aromatic carbocycles. The summed E-state index contributed by atoms with van der Waals surface area (Å²) >= 11 is 3.75. The van der Waals surface area contributed by atoms with E-state index in [2.05, 4.69) is 51.5 Å². The number of fused-ring (bicyclic) bond motifs is 2. The van der Waals surface area contributed by atoms with Crippen LogP contribution in [-0.2, 0) is 17.6 Å². The normalized spacial score (nSPS) is 13.8. The van der Waals surface area contributed by atoms with E-state index in [-0.39, 0.29) is 6.09 Å². The Morgan fingerprint density at radius 1 is 0.843 bits per heavy atom. The number of hydrogen-bond donors (Lipinski definition) is 3. The number of nitrogens with one attached hydrogen (secondary N) is 3. The maximum Gasteiger partial charge on any atom is 0.410 e. The largest absolute Gasteiger partial charge is 0.463 e. The Bertz CT molecular complexity index is 1750. The highest BCUT2D eigenvalue weighted by molar-refractivity contribution is 7.99. The summed E-state index contributed by atoms with van der Waals surface area (Å²) < 4.78 is 16.0. The lowest BCUT2D eigenvalue weighted by atomic mass is 10.1. The van der Waals surface area contributed by atoms with Crippen molar-refractivity contribution in [1.82, 2.24) is 10.2 Å². The van der Waals surface area contributed by atoms with Crippen molar-refractivity contribution >= 4 is 52.4 Å². The second kappa shape index (κ2) is 17.9. The minimum atomic E-state index is -0.487. The number of ether oxygens (including phenoxy) is 1. The molecule has 272 valence electrons. The molecular formula is C39H50N6O4S2. The molecule has 10 nitrogen and oxygen atoms in total. The van der Waals surface area contributed by atoms with Gasteiger partial charge in [0.05, 0.1) is 35.3 Å². The zero-order chi connectivity index (χ0) is 36.4. The molecule has 0 fully saturated rings. The molecule has 0 saturated carbocycles. The number of rotatable bonds is 12. The monoisotopic (exact) mass is 730 g/mol. The Morgan fingerprint density at radius 3 is 1.80 bits per heavy atom. The van der Waals surface area contributed by atoms with E-state index < -0.39 is 5.60 Å². The maximum atomic E-state index is 12.2. The van der Waals surface area contributed by atoms with Gasteiger partial charge in [-0.05, 0) is 87.5 Å². The van der Waals surface area contributed by atoms with Crippen molar-refractivity contribution < 1.29 is 18.4 Å². The lowest BCUT2D eigenvalue weighted by Gasteiger charge is -2.33. The second-order valence-corrected chi connectivity index (χ2v) is 15.8. The average Bonchev–Trinajstić information content (AvgIpc) is 3.85. The van der Waals surface area contributed by atoms with Crippen molar-refractivity contribution in [1.29, 1.82) is 10.8 Å². The van der Waals surface area contributed by atoms with Gasteiger partial charge < -0.3 is 44.4 Å². The molecule has 2 aliphatic heterocycles. The Labute approximate surface area is 310 Å². The van der Waals surface area contributed by atoms with E-state index in [1.54, 1.807) is 30.5 Å². The van der Waals surface area contributed by atoms with Gasteiger partial charge in [0.2, 0.25) is 0 Å². The van der Waals surface area contributed by atoms with E-state index >= 15 is 0 Å². The molecule has 6 rings (SSSR count). The number of benzene rings is 2. The fraction of sp³-hybridized carbons (Fsp3) is 0.410. The van der Waals surface area contributed by atoms with Crippen LogP contribution >= 0.6 is 23.5 Å². The first kappa shape index (κ1) is 38.1. The summed E-state index contributed by atoms with van der Waals surface area (Å²) in [5.41, 5.74) is 5.30. The van der Waals surface area contributed by atoms with E-state index in [0.717, 1.165) is 49.8 Å². The molecule has 2 aliphatic rings. The van der Waals surface area contributed by atoms with Crippen molar-refractivity contribution in [2.45, 2.75) is 49.0 Å². The topological polar surface area (TPSA) is 122 Å². The molecule has 2 aromatic heterocycles. The van der Waals surface area contributed by atoms with Crippen LogP contribution in [0.1, 0.15) is 43.4 Å². The SMILES string of the molecule is CN(CCN1CCSc2cc(CC(=N)c3ccco3)ccc21)C(=O)OC(C)(C)C.CNCCN1CCSc2cc(CC(=N)c3ccco3)ccc21. The summed E-state index contributed by atoms with van der Waals surface area (Å²) in [7, 11) is 3.76. The molecule has 0 unspecified atom stereocenters. The molecule has 4 heterocycles. The van der Waals surface area contributed by atoms with Gasteiger partial charge in [0.15, 0.2) is 0 Å². The first-order valence-corrected chi connectivity index (χ1v) is 19.3. The summed E-state index contributed by atoms with van der Waals surface area (Å²) in [6.45, 7) is 11.1. The van der Waals surface area contributed by atoms with Gasteiger partial charge in [-0.2, -0.15) is 0 Å². The van der Waals surface area contributed by atoms with Crippen LogP contribution in [0.4, 0.5) is 16.2 Å². The minimum absolute atomic E-state index is 0.295. The van der Waals surface area contributed by atoms with Gasteiger partial charge in [0.25, 0.3) is 0 Å². The number of likely N-dealkylation sites (N-methyl/N-ethyl adjacent to an activating group) is 2. The molecule has 1 amide bonds. The summed E-state index contributed by atoms with van der Waals surface area (Å²) in [5, 5.41) is 19.6. The third-order valence-electron chi connectivity index (χ3n) is 8.41. The van der Waals surface area contributed by atoms with Gasteiger partial charge in [-0.25, -0.2) is 4.79 Å². The van der Waals surface area contributed by atoms with Gasteiger partial charge in [0.1, 0.15) is 17.1 Å². The summed E-state index contributed by atoms with van der Waals surface area (Å²) in [4.78, 5) is 21.1. The predicted molar refractivity (Wildman–Crippen MR) is 210 cm³/mol. The van der Waals surface area contributed by atoms with Gasteiger partial charge in [0, 0.05) is 80.5 Å². The van der Waals surface area contributed by atoms with Crippen LogP contribution in [-0.4, -0.2) is 92.9 Å². The number of hydrogen-bond acceptors (Lipinski definition) is 11. The lowest BCUT2D eigenvalue weighted by Crippen LogP contribution is -2.40. The fourth-order valence-electron chi connectivity index (χ4n) is 5.76. The Balaban J connectivity index is 0.000000205. The number of thioether (sulfide) groups is 2. The number of carbonyl (C=O) groups excluding carboxylic acids is 1. The predicted octanol–water partition coefficient (Wildman–Crippen LogP) is 7.69. The first-order chi connectivity index (χ1) is 24.5. The van der Waals surface area contributed by atoms with Crippen LogP contribution in [0, 0.1) is 10.8 Å². The van der Waals surface area contributed by atoms with Crippen LogP contribution < -0.4 is 15.1 Å². The van der Waals surface area contributed by atoms with Crippen molar-refractivity contribution in [3.05, 3.63) is 95.8 Å². The zero-order valence-electron chi connectivity index (χ0n) is 30.3. The third kappa shape index (κ3) is 10.9. The number of carbonyl (C=O) groups is 1. The van der Waals surface area contributed by atoms with Crippen LogP contribution in [0.2, 0.25) is 0 Å². The van der Waals surface area contributed by atoms with Crippen LogP contribution in [0.15, 0.2) is 91.8 Å². The van der Waals surface area contributed by atoms with Crippen molar-refractivity contribution in [3.8, 4) is 0 Å². The van der Waals surface area contributed by atoms with Crippen LogP contribution in [0.5, 0.6) is 0 Å². The van der Waals surface area contributed by atoms with Gasteiger partial charge >= 0.3 is 6.09 Å². The molecule has 3 N–H and O–H groups in total. The van der Waals surface area contributed by atoms with Gasteiger partial charge in [-0.1, -0.05) is 12.1 Å². The van der Waals surface area contributed by atoms with Gasteiger partial charge in [-0.3, -0.25) is 0 Å². The summed E-state index contributed by atoms with van der Waals surface area (Å²) in [6.07, 6.45) is 4.07. The molecule has 4 aromatic rings.